The van der Waals surface area contributed by atoms with Crippen LogP contribution in [0.4, 0.5) is 5.69 Å². The van der Waals surface area contributed by atoms with Gasteiger partial charge in [0.2, 0.25) is 0 Å². The Morgan fingerprint density at radius 2 is 1.87 bits per heavy atom. The van der Waals surface area contributed by atoms with Crippen molar-refractivity contribution in [1.29, 1.82) is 0 Å². The van der Waals surface area contributed by atoms with E-state index in [-0.39, 0.29) is 0 Å². The fraction of sp³-hybridized carbons (Fsp3) is 0.417. The Kier molecular flexibility index (Phi) is 4.49. The Labute approximate surface area is 91.1 Å². The summed E-state index contributed by atoms with van der Waals surface area (Å²) in [4.78, 5) is 3.83. The SMILES string of the molecule is CCc1cccc(CC)c1NC[N+]#CN. The van der Waals surface area contributed by atoms with E-state index in [1.165, 1.54) is 16.8 Å². The van der Waals surface area contributed by atoms with Crippen LogP contribution in [0.5, 0.6) is 0 Å². The van der Waals surface area contributed by atoms with Gasteiger partial charge in [0.15, 0.2) is 0 Å². The molecule has 3 N–H and O–H groups in total. The number of aryl methyl sites for hydroxylation is 2. The maximum absolute atomic E-state index is 5.08. The van der Waals surface area contributed by atoms with Crippen molar-refractivity contribution in [2.75, 3.05) is 12.0 Å². The third-order valence-corrected chi connectivity index (χ3v) is 2.43. The van der Waals surface area contributed by atoms with Gasteiger partial charge in [-0.3, -0.25) is 0 Å². The van der Waals surface area contributed by atoms with Crippen molar-refractivity contribution >= 4 is 5.69 Å². The van der Waals surface area contributed by atoms with Gasteiger partial charge in [0.25, 0.3) is 6.67 Å². The lowest BCUT2D eigenvalue weighted by Gasteiger charge is -2.11. The third kappa shape index (κ3) is 2.88. The lowest BCUT2D eigenvalue weighted by atomic mass is 10.0. The lowest BCUT2D eigenvalue weighted by molar-refractivity contribution is 1.07. The van der Waals surface area contributed by atoms with E-state index in [2.05, 4.69) is 48.4 Å². The molecule has 0 bridgehead atoms. The van der Waals surface area contributed by atoms with Gasteiger partial charge < -0.3 is 5.32 Å². The van der Waals surface area contributed by atoms with Crippen LogP contribution in [0.3, 0.4) is 0 Å². The molecule has 0 aliphatic heterocycles. The molecule has 1 aromatic rings. The largest absolute Gasteiger partial charge is 0.368 e. The molecule has 0 fully saturated rings. The summed E-state index contributed by atoms with van der Waals surface area (Å²) in [6, 6.07) is 6.37. The Balaban J connectivity index is 2.92. The predicted molar refractivity (Wildman–Crippen MR) is 65.1 cm³/mol. The Morgan fingerprint density at radius 3 is 2.33 bits per heavy atom. The normalized spacial score (nSPS) is 9.20. The summed E-state index contributed by atoms with van der Waals surface area (Å²) in [5.74, 6) is 0. The quantitative estimate of drug-likeness (QED) is 0.584. The van der Waals surface area contributed by atoms with Crippen LogP contribution in [0.2, 0.25) is 0 Å². The van der Waals surface area contributed by atoms with E-state index in [1.54, 1.807) is 0 Å². The van der Waals surface area contributed by atoms with Gasteiger partial charge in [0, 0.05) is 5.69 Å². The average Bonchev–Trinajstić information content (AvgIpc) is 2.29. The third-order valence-electron chi connectivity index (χ3n) is 2.43. The van der Waals surface area contributed by atoms with Crippen molar-refractivity contribution in [1.82, 2.24) is 0 Å². The molecule has 0 amide bonds. The molecule has 3 heteroatoms. The molecular weight excluding hydrogens is 186 g/mol. The summed E-state index contributed by atoms with van der Waals surface area (Å²) in [6.45, 7) is 4.79. The number of hydrogen-bond acceptors (Lipinski definition) is 2. The van der Waals surface area contributed by atoms with E-state index in [4.69, 9.17) is 5.73 Å². The van der Waals surface area contributed by atoms with Gasteiger partial charge in [-0.1, -0.05) is 32.0 Å². The topological polar surface area (TPSA) is 42.4 Å². The van der Waals surface area contributed by atoms with Gasteiger partial charge in [-0.05, 0) is 24.0 Å². The number of rotatable bonds is 4. The molecule has 80 valence electrons. The zero-order valence-electron chi connectivity index (χ0n) is 9.38. The number of nitrogens with two attached hydrogens (primary N) is 1. The molecule has 3 nitrogen and oxygen atoms in total. The van der Waals surface area contributed by atoms with Gasteiger partial charge in [0.1, 0.15) is 0 Å². The Morgan fingerprint density at radius 1 is 1.27 bits per heavy atom. The van der Waals surface area contributed by atoms with Crippen molar-refractivity contribution in [3.63, 3.8) is 0 Å². The molecule has 0 aliphatic carbocycles. The molecule has 0 heterocycles. The molecule has 0 spiro atoms. The minimum absolute atomic E-state index is 0.487. The number of benzene rings is 1. The van der Waals surface area contributed by atoms with E-state index in [9.17, 15) is 0 Å². The molecule has 0 saturated carbocycles. The van der Waals surface area contributed by atoms with Crippen LogP contribution >= 0.6 is 0 Å². The maximum Gasteiger partial charge on any atom is 0.368 e. The number of nitrogens with zero attached hydrogens (tertiary/aromatic N) is 1. The number of para-hydroxylation sites is 1. The van der Waals surface area contributed by atoms with Crippen molar-refractivity contribution in [2.24, 2.45) is 5.73 Å². The zero-order chi connectivity index (χ0) is 11.1. The molecule has 1 aromatic carbocycles. The Bertz CT molecular complexity index is 352. The molecular formula is C12H18N3+. The fourth-order valence-corrected chi connectivity index (χ4v) is 1.63. The molecule has 0 atom stereocenters. The van der Waals surface area contributed by atoms with Crippen LogP contribution < -0.4 is 11.1 Å². The van der Waals surface area contributed by atoms with E-state index < -0.39 is 0 Å². The second-order valence-corrected chi connectivity index (χ2v) is 3.28. The molecule has 0 radical (unpaired) electrons. The van der Waals surface area contributed by atoms with Crippen LogP contribution in [-0.4, -0.2) is 6.67 Å². The van der Waals surface area contributed by atoms with Crippen LogP contribution in [0.1, 0.15) is 25.0 Å². The highest BCUT2D eigenvalue weighted by Crippen LogP contribution is 2.22. The zero-order valence-corrected chi connectivity index (χ0v) is 9.38. The van der Waals surface area contributed by atoms with Gasteiger partial charge in [0.05, 0.1) is 0 Å². The van der Waals surface area contributed by atoms with Crippen LogP contribution in [-0.2, 0) is 12.8 Å². The summed E-state index contributed by atoms with van der Waals surface area (Å²) in [6.07, 6.45) is 4.32. The summed E-state index contributed by atoms with van der Waals surface area (Å²) in [5, 5.41) is 3.28. The molecule has 0 unspecified atom stereocenters. The molecule has 0 aliphatic rings. The van der Waals surface area contributed by atoms with Gasteiger partial charge in [-0.25, -0.2) is 5.73 Å². The minimum atomic E-state index is 0.487. The number of nitrogens with one attached hydrogen (secondary N) is 1. The standard InChI is InChI=1S/C12H17N3/c1-3-10-6-5-7-11(4-2)12(10)15-9-14-8-13/h5-7,13,15H,3-4,9H2,1-2H3/p+1. The molecule has 15 heavy (non-hydrogen) atoms. The van der Waals surface area contributed by atoms with Crippen molar-refractivity contribution in [2.45, 2.75) is 26.7 Å². The predicted octanol–water partition coefficient (Wildman–Crippen LogP) is 2.43. The molecule has 0 saturated heterocycles. The van der Waals surface area contributed by atoms with E-state index in [0.29, 0.717) is 6.67 Å². The number of anilines is 1. The second kappa shape index (κ2) is 5.92. The number of hydrogen-bond donors (Lipinski definition) is 2. The monoisotopic (exact) mass is 204 g/mol. The second-order valence-electron chi connectivity index (χ2n) is 3.28. The molecule has 1 rings (SSSR count). The van der Waals surface area contributed by atoms with E-state index in [0.717, 1.165) is 12.8 Å². The summed E-state index contributed by atoms with van der Waals surface area (Å²) >= 11 is 0. The van der Waals surface area contributed by atoms with E-state index >= 15 is 0 Å². The van der Waals surface area contributed by atoms with E-state index in [1.807, 2.05) is 0 Å². The first kappa shape index (κ1) is 11.4. The van der Waals surface area contributed by atoms with Crippen LogP contribution in [0, 0.1) is 6.19 Å². The van der Waals surface area contributed by atoms with Crippen molar-refractivity contribution in [3.05, 3.63) is 34.2 Å². The Hall–Kier alpha value is -1.69. The minimum Gasteiger partial charge on any atom is -0.335 e. The lowest BCUT2D eigenvalue weighted by Crippen LogP contribution is -2.04. The average molecular weight is 204 g/mol. The van der Waals surface area contributed by atoms with Crippen molar-refractivity contribution < 1.29 is 0 Å². The first-order valence-corrected chi connectivity index (χ1v) is 5.30. The highest BCUT2D eigenvalue weighted by atomic mass is 15.0. The highest BCUT2D eigenvalue weighted by molar-refractivity contribution is 5.58. The summed E-state index contributed by atoms with van der Waals surface area (Å²) in [5.41, 5.74) is 8.91. The smallest absolute Gasteiger partial charge is 0.335 e. The fourth-order valence-electron chi connectivity index (χ4n) is 1.63. The molecule has 0 aromatic heterocycles. The summed E-state index contributed by atoms with van der Waals surface area (Å²) < 4.78 is 0. The van der Waals surface area contributed by atoms with Gasteiger partial charge in [-0.2, -0.15) is 4.85 Å². The maximum atomic E-state index is 5.08. The van der Waals surface area contributed by atoms with Crippen LogP contribution in [0.25, 0.3) is 4.85 Å². The first-order chi connectivity index (χ1) is 7.33. The highest BCUT2D eigenvalue weighted by Gasteiger charge is 2.05. The van der Waals surface area contributed by atoms with Crippen molar-refractivity contribution in [3.8, 4) is 6.19 Å². The first-order valence-electron chi connectivity index (χ1n) is 5.30. The van der Waals surface area contributed by atoms with Gasteiger partial charge >= 0.3 is 6.19 Å². The van der Waals surface area contributed by atoms with Crippen LogP contribution in [0.15, 0.2) is 18.2 Å². The van der Waals surface area contributed by atoms with Gasteiger partial charge in [-0.15, -0.1) is 0 Å². The summed E-state index contributed by atoms with van der Waals surface area (Å²) in [7, 11) is 0.